The van der Waals surface area contributed by atoms with E-state index in [2.05, 4.69) is 79.9 Å². The van der Waals surface area contributed by atoms with E-state index >= 15 is 0 Å². The Hall–Kier alpha value is -2.82. The molecule has 3 atom stereocenters. The van der Waals surface area contributed by atoms with Gasteiger partial charge in [0.1, 0.15) is 12.7 Å². The number of carbonyl (C=O) groups excluding carboxylic acids is 2. The Balaban J connectivity index is 3.93. The van der Waals surface area contributed by atoms with E-state index in [9.17, 15) is 34.1 Å². The van der Waals surface area contributed by atoms with Crippen molar-refractivity contribution in [3.8, 4) is 0 Å². The molecule has 0 rings (SSSR count). The molecule has 0 saturated carbocycles. The Morgan fingerprint density at radius 1 is 0.552 bits per heavy atom. The summed E-state index contributed by atoms with van der Waals surface area (Å²) < 4.78 is 26.8. The van der Waals surface area contributed by atoms with E-state index in [0.717, 1.165) is 89.9 Å². The number of esters is 1. The molecule has 0 radical (unpaired) electrons. The summed E-state index contributed by atoms with van der Waals surface area (Å²) in [5.41, 5.74) is 0. The normalized spacial score (nSPS) is 14.3. The van der Waals surface area contributed by atoms with Crippen LogP contribution in [0.1, 0.15) is 181 Å². The Morgan fingerprint density at radius 2 is 0.948 bits per heavy atom. The van der Waals surface area contributed by atoms with Crippen molar-refractivity contribution in [3.05, 3.63) is 60.8 Å². The van der Waals surface area contributed by atoms with Crippen LogP contribution in [0, 0.1) is 0 Å². The lowest BCUT2D eigenvalue weighted by Gasteiger charge is -2.18. The maximum Gasteiger partial charge on any atom is 0.472 e. The lowest BCUT2D eigenvalue weighted by molar-refractivity contribution is -0.147. The second kappa shape index (κ2) is 40.9. The van der Waals surface area contributed by atoms with Crippen LogP contribution in [0.4, 0.5) is 0 Å². The van der Waals surface area contributed by atoms with E-state index in [4.69, 9.17) is 13.8 Å². The molecule has 0 spiro atoms. The van der Waals surface area contributed by atoms with Gasteiger partial charge in [-0.25, -0.2) is 9.36 Å². The number of aliphatic hydroxyl groups excluding tert-OH is 1. The van der Waals surface area contributed by atoms with Gasteiger partial charge in [0.2, 0.25) is 5.91 Å². The van der Waals surface area contributed by atoms with Gasteiger partial charge in [-0.2, -0.15) is 0 Å². The van der Waals surface area contributed by atoms with Gasteiger partial charge < -0.3 is 25.2 Å². The van der Waals surface area contributed by atoms with Crippen LogP contribution in [-0.4, -0.2) is 64.9 Å². The summed E-state index contributed by atoms with van der Waals surface area (Å²) in [6.45, 7) is 2.51. The molecule has 12 heteroatoms. The number of rotatable bonds is 41. The SMILES string of the molecule is CCCCC/C=C\C/C=C\C/C=C\C/C=C\CCCCCCCC(=O)OCC(O)COP(=O)(O)OCC(NC(=O)CCCCCCC/C=C\CCCCCC)C(=O)O. The van der Waals surface area contributed by atoms with Crippen LogP contribution in [0.2, 0.25) is 0 Å². The molecule has 4 N–H and O–H groups in total. The average molecular weight is 838 g/mol. The predicted octanol–water partition coefficient (Wildman–Crippen LogP) is 11.6. The minimum Gasteiger partial charge on any atom is -0.480 e. The van der Waals surface area contributed by atoms with Crippen molar-refractivity contribution < 1.29 is 47.8 Å². The smallest absolute Gasteiger partial charge is 0.472 e. The Bertz CT molecular complexity index is 1210. The van der Waals surface area contributed by atoms with E-state index in [-0.39, 0.29) is 12.8 Å². The minimum atomic E-state index is -4.76. The second-order valence-corrected chi connectivity index (χ2v) is 16.3. The number of carbonyl (C=O) groups is 3. The Morgan fingerprint density at radius 3 is 1.47 bits per heavy atom. The molecule has 0 aromatic heterocycles. The third kappa shape index (κ3) is 40.0. The van der Waals surface area contributed by atoms with Crippen molar-refractivity contribution in [1.29, 1.82) is 0 Å². The summed E-state index contributed by atoms with van der Waals surface area (Å²) in [4.78, 5) is 45.9. The molecule has 0 aliphatic heterocycles. The first-order chi connectivity index (χ1) is 28.1. The summed E-state index contributed by atoms with van der Waals surface area (Å²) in [6, 6.07) is -1.55. The van der Waals surface area contributed by atoms with Crippen molar-refractivity contribution in [2.75, 3.05) is 19.8 Å². The first-order valence-electron chi connectivity index (χ1n) is 22.3. The maximum atomic E-state index is 12.3. The third-order valence-corrected chi connectivity index (χ3v) is 10.2. The third-order valence-electron chi connectivity index (χ3n) is 9.28. The van der Waals surface area contributed by atoms with E-state index in [0.29, 0.717) is 12.8 Å². The number of unbranched alkanes of at least 4 members (excludes halogenated alkanes) is 17. The number of allylic oxidation sites excluding steroid dienone is 10. The lowest BCUT2D eigenvalue weighted by atomic mass is 10.1. The van der Waals surface area contributed by atoms with Crippen molar-refractivity contribution in [3.63, 3.8) is 0 Å². The number of phosphoric acid groups is 1. The number of phosphoric ester groups is 1. The molecule has 0 aromatic rings. The van der Waals surface area contributed by atoms with Crippen LogP contribution in [0.3, 0.4) is 0 Å². The second-order valence-electron chi connectivity index (χ2n) is 14.9. The zero-order valence-electron chi connectivity index (χ0n) is 36.1. The Kier molecular flexibility index (Phi) is 38.9. The summed E-state index contributed by atoms with van der Waals surface area (Å²) in [7, 11) is -4.76. The molecular weight excluding hydrogens is 757 g/mol. The van der Waals surface area contributed by atoms with E-state index in [1.165, 1.54) is 51.4 Å². The van der Waals surface area contributed by atoms with Gasteiger partial charge in [0.25, 0.3) is 0 Å². The molecule has 0 aliphatic rings. The average Bonchev–Trinajstić information content (AvgIpc) is 3.20. The molecule has 11 nitrogen and oxygen atoms in total. The van der Waals surface area contributed by atoms with Gasteiger partial charge in [-0.05, 0) is 83.5 Å². The number of amides is 1. The van der Waals surface area contributed by atoms with E-state index in [1.807, 2.05) is 0 Å². The molecule has 3 unspecified atom stereocenters. The summed E-state index contributed by atoms with van der Waals surface area (Å²) in [6.07, 6.45) is 46.7. The monoisotopic (exact) mass is 838 g/mol. The quantitative estimate of drug-likeness (QED) is 0.0201. The fourth-order valence-electron chi connectivity index (χ4n) is 5.76. The van der Waals surface area contributed by atoms with Gasteiger partial charge in [0.05, 0.1) is 13.2 Å². The number of nitrogens with one attached hydrogen (secondary N) is 1. The number of aliphatic carboxylic acids is 1. The van der Waals surface area contributed by atoms with Crippen LogP contribution in [0.15, 0.2) is 60.8 Å². The first kappa shape index (κ1) is 55.2. The Labute approximate surface area is 351 Å². The zero-order valence-corrected chi connectivity index (χ0v) is 37.0. The molecule has 0 heterocycles. The molecule has 0 bridgehead atoms. The van der Waals surface area contributed by atoms with Crippen LogP contribution >= 0.6 is 7.82 Å². The zero-order chi connectivity index (χ0) is 42.8. The first-order valence-corrected chi connectivity index (χ1v) is 23.8. The van der Waals surface area contributed by atoms with Gasteiger partial charge in [-0.15, -0.1) is 0 Å². The van der Waals surface area contributed by atoms with E-state index in [1.54, 1.807) is 0 Å². The van der Waals surface area contributed by atoms with Gasteiger partial charge in [0.15, 0.2) is 6.04 Å². The highest BCUT2D eigenvalue weighted by Gasteiger charge is 2.28. The fourth-order valence-corrected chi connectivity index (χ4v) is 6.53. The van der Waals surface area contributed by atoms with Gasteiger partial charge in [0, 0.05) is 12.8 Å². The highest BCUT2D eigenvalue weighted by Crippen LogP contribution is 2.43. The predicted molar refractivity (Wildman–Crippen MR) is 235 cm³/mol. The lowest BCUT2D eigenvalue weighted by Crippen LogP contribution is -2.43. The van der Waals surface area contributed by atoms with E-state index < -0.39 is 57.6 Å². The van der Waals surface area contributed by atoms with Crippen LogP contribution in [0.25, 0.3) is 0 Å². The van der Waals surface area contributed by atoms with Crippen molar-refractivity contribution in [2.24, 2.45) is 0 Å². The number of carboxylic acid groups (broad SMARTS) is 1. The van der Waals surface area contributed by atoms with Gasteiger partial charge in [-0.1, -0.05) is 145 Å². The fraction of sp³-hybridized carbons (Fsp3) is 0.717. The molecule has 1 amide bonds. The summed E-state index contributed by atoms with van der Waals surface area (Å²) in [5, 5.41) is 21.8. The summed E-state index contributed by atoms with van der Waals surface area (Å²) in [5.74, 6) is -2.41. The van der Waals surface area contributed by atoms with Crippen LogP contribution < -0.4 is 5.32 Å². The standard InChI is InChI=1S/C46H80NO10P/c1-3-5-7-9-11-13-15-17-18-19-20-21-22-23-24-26-28-30-32-34-36-38-45(50)55-39-42(48)40-56-58(53,54)57-41-43(46(51)52)47-44(49)37-35-33-31-29-27-25-16-14-12-10-8-6-4-2/h11,13-14,16-18,20-21,23-24,42-43,48H,3-10,12,15,19,22,25-41H2,1-2H3,(H,47,49)(H,51,52)(H,53,54)/b13-11-,16-14-,18-17-,21-20-,24-23-. The van der Waals surface area contributed by atoms with Crippen molar-refractivity contribution in [1.82, 2.24) is 5.32 Å². The highest BCUT2D eigenvalue weighted by molar-refractivity contribution is 7.47. The van der Waals surface area contributed by atoms with Crippen molar-refractivity contribution in [2.45, 2.75) is 193 Å². The number of hydrogen-bond donors (Lipinski definition) is 4. The number of aliphatic hydroxyl groups is 1. The van der Waals surface area contributed by atoms with Gasteiger partial charge in [-0.3, -0.25) is 18.6 Å². The van der Waals surface area contributed by atoms with Gasteiger partial charge >= 0.3 is 19.8 Å². The van der Waals surface area contributed by atoms with Crippen LogP contribution in [-0.2, 0) is 32.7 Å². The highest BCUT2D eigenvalue weighted by atomic mass is 31.2. The minimum absolute atomic E-state index is 0.132. The number of carboxylic acids is 1. The van der Waals surface area contributed by atoms with Crippen LogP contribution in [0.5, 0.6) is 0 Å². The molecule has 0 aromatic carbocycles. The molecule has 0 saturated heterocycles. The molecule has 58 heavy (non-hydrogen) atoms. The largest absolute Gasteiger partial charge is 0.480 e. The molecular formula is C46H80NO10P. The maximum absolute atomic E-state index is 12.3. The number of hydrogen-bond acceptors (Lipinski definition) is 8. The molecule has 0 aliphatic carbocycles. The summed E-state index contributed by atoms with van der Waals surface area (Å²) >= 11 is 0. The molecule has 334 valence electrons. The number of ether oxygens (including phenoxy) is 1. The van der Waals surface area contributed by atoms with Crippen molar-refractivity contribution >= 4 is 25.7 Å². The molecule has 0 fully saturated rings. The topological polar surface area (TPSA) is 169 Å².